The van der Waals surface area contributed by atoms with Gasteiger partial charge in [0.15, 0.2) is 0 Å². The molecule has 0 unspecified atom stereocenters. The maximum atomic E-state index is 12.0. The van der Waals surface area contributed by atoms with Crippen LogP contribution >= 0.6 is 11.8 Å². The number of rotatable bonds is 3. The molecule has 2 aliphatic rings. The minimum absolute atomic E-state index is 0.433. The molecule has 1 aliphatic heterocycles. The summed E-state index contributed by atoms with van der Waals surface area (Å²) in [6, 6.07) is 0. The first kappa shape index (κ1) is 10.5. The van der Waals surface area contributed by atoms with Gasteiger partial charge in [0, 0.05) is 23.3 Å². The van der Waals surface area contributed by atoms with Crippen LogP contribution in [0, 0.1) is 17.8 Å². The Morgan fingerprint density at radius 3 is 2.21 bits per heavy atom. The minimum atomic E-state index is 0.433. The summed E-state index contributed by atoms with van der Waals surface area (Å²) in [6.07, 6.45) is 6.26. The first-order chi connectivity index (χ1) is 6.81. The lowest BCUT2D eigenvalue weighted by Gasteiger charge is -2.32. The average molecular weight is 212 g/mol. The highest BCUT2D eigenvalue weighted by molar-refractivity contribution is 8.00. The minimum Gasteiger partial charge on any atom is -0.299 e. The van der Waals surface area contributed by atoms with Crippen LogP contribution in [-0.4, -0.2) is 17.3 Å². The van der Waals surface area contributed by atoms with E-state index in [1.807, 2.05) is 11.8 Å². The van der Waals surface area contributed by atoms with Gasteiger partial charge >= 0.3 is 0 Å². The molecule has 1 saturated carbocycles. The van der Waals surface area contributed by atoms with E-state index in [0.29, 0.717) is 17.6 Å². The van der Waals surface area contributed by atoms with Crippen molar-refractivity contribution in [2.24, 2.45) is 17.8 Å². The van der Waals surface area contributed by atoms with Crippen molar-refractivity contribution in [3.63, 3.8) is 0 Å². The lowest BCUT2D eigenvalue weighted by molar-refractivity contribution is -0.127. The maximum absolute atomic E-state index is 12.0. The summed E-state index contributed by atoms with van der Waals surface area (Å²) in [5.41, 5.74) is 0. The number of hydrogen-bond donors (Lipinski definition) is 0. The summed E-state index contributed by atoms with van der Waals surface area (Å²) in [4.78, 5) is 12.0. The van der Waals surface area contributed by atoms with Crippen LogP contribution in [-0.2, 0) is 4.79 Å². The Labute approximate surface area is 91.0 Å². The van der Waals surface area contributed by atoms with E-state index in [1.54, 1.807) is 0 Å². The zero-order chi connectivity index (χ0) is 9.97. The second-order valence-corrected chi connectivity index (χ2v) is 5.84. The van der Waals surface area contributed by atoms with E-state index in [9.17, 15) is 4.79 Å². The Balaban J connectivity index is 1.79. The standard InChI is InChI=1S/C12H20OS/c1-2-9-3-5-10(6-4-9)12(13)11-7-14-8-11/h9-11H,2-8H2,1H3. The zero-order valence-corrected chi connectivity index (χ0v) is 9.81. The summed E-state index contributed by atoms with van der Waals surface area (Å²) >= 11 is 1.92. The van der Waals surface area contributed by atoms with Gasteiger partial charge in [-0.1, -0.05) is 13.3 Å². The van der Waals surface area contributed by atoms with Crippen molar-refractivity contribution < 1.29 is 4.79 Å². The van der Waals surface area contributed by atoms with Crippen LogP contribution in [0.3, 0.4) is 0 Å². The van der Waals surface area contributed by atoms with Crippen LogP contribution in [0.5, 0.6) is 0 Å². The zero-order valence-electron chi connectivity index (χ0n) is 9.00. The molecule has 0 N–H and O–H groups in total. The molecule has 1 nitrogen and oxygen atoms in total. The van der Waals surface area contributed by atoms with Gasteiger partial charge in [-0.05, 0) is 31.6 Å². The Kier molecular flexibility index (Phi) is 3.53. The monoisotopic (exact) mass is 212 g/mol. The molecule has 1 saturated heterocycles. The molecular weight excluding hydrogens is 192 g/mol. The second-order valence-electron chi connectivity index (χ2n) is 4.76. The van der Waals surface area contributed by atoms with Crippen LogP contribution in [0.2, 0.25) is 0 Å². The molecule has 2 fully saturated rings. The van der Waals surface area contributed by atoms with E-state index < -0.39 is 0 Å². The summed E-state index contributed by atoms with van der Waals surface area (Å²) < 4.78 is 0. The fraction of sp³-hybridized carbons (Fsp3) is 0.917. The number of thioether (sulfide) groups is 1. The van der Waals surface area contributed by atoms with Gasteiger partial charge in [-0.25, -0.2) is 0 Å². The van der Waals surface area contributed by atoms with Crippen LogP contribution in [0.1, 0.15) is 39.0 Å². The Hall–Kier alpha value is 0.0200. The van der Waals surface area contributed by atoms with Crippen molar-refractivity contribution >= 4 is 17.5 Å². The van der Waals surface area contributed by atoms with Gasteiger partial charge in [-0.2, -0.15) is 11.8 Å². The fourth-order valence-electron chi connectivity index (χ4n) is 2.59. The molecule has 0 aromatic carbocycles. The van der Waals surface area contributed by atoms with Crippen LogP contribution in [0.4, 0.5) is 0 Å². The first-order valence-corrected chi connectivity index (χ1v) is 7.08. The molecule has 2 rings (SSSR count). The highest BCUT2D eigenvalue weighted by atomic mass is 32.2. The normalized spacial score (nSPS) is 33.8. The van der Waals surface area contributed by atoms with Crippen LogP contribution in [0.25, 0.3) is 0 Å². The number of carbonyl (C=O) groups is 1. The number of carbonyl (C=O) groups excluding carboxylic acids is 1. The summed E-state index contributed by atoms with van der Waals surface area (Å²) in [5, 5.41) is 0. The van der Waals surface area contributed by atoms with Gasteiger partial charge in [0.2, 0.25) is 0 Å². The molecule has 0 aromatic heterocycles. The van der Waals surface area contributed by atoms with Crippen molar-refractivity contribution in [1.82, 2.24) is 0 Å². The third-order valence-electron chi connectivity index (χ3n) is 3.87. The SMILES string of the molecule is CCC1CCC(C(=O)C2CSC2)CC1. The molecule has 0 amide bonds. The highest BCUT2D eigenvalue weighted by Gasteiger charge is 2.33. The molecule has 0 spiro atoms. The largest absolute Gasteiger partial charge is 0.299 e. The summed E-state index contributed by atoms with van der Waals surface area (Å²) in [7, 11) is 0. The molecule has 2 heteroatoms. The number of Topliss-reactive ketones (excluding diaryl/α,β-unsaturated/α-hetero) is 1. The third-order valence-corrected chi connectivity index (χ3v) is 5.14. The van der Waals surface area contributed by atoms with Gasteiger partial charge in [-0.15, -0.1) is 0 Å². The molecule has 0 radical (unpaired) electrons. The van der Waals surface area contributed by atoms with Crippen molar-refractivity contribution in [1.29, 1.82) is 0 Å². The quantitative estimate of drug-likeness (QED) is 0.715. The van der Waals surface area contributed by atoms with Crippen molar-refractivity contribution in [2.75, 3.05) is 11.5 Å². The number of ketones is 1. The predicted octanol–water partition coefficient (Wildman–Crippen LogP) is 3.13. The molecule has 80 valence electrons. The van der Waals surface area contributed by atoms with Gasteiger partial charge in [0.1, 0.15) is 5.78 Å². The molecule has 0 bridgehead atoms. The molecule has 1 heterocycles. The molecule has 0 atom stereocenters. The Bertz CT molecular complexity index is 202. The smallest absolute Gasteiger partial charge is 0.140 e. The molecule has 14 heavy (non-hydrogen) atoms. The van der Waals surface area contributed by atoms with Crippen molar-refractivity contribution in [2.45, 2.75) is 39.0 Å². The van der Waals surface area contributed by atoms with Gasteiger partial charge in [0.25, 0.3) is 0 Å². The van der Waals surface area contributed by atoms with Gasteiger partial charge in [0.05, 0.1) is 0 Å². The molecular formula is C12H20OS. The Morgan fingerprint density at radius 2 is 1.79 bits per heavy atom. The molecule has 0 aromatic rings. The van der Waals surface area contributed by atoms with E-state index >= 15 is 0 Å². The van der Waals surface area contributed by atoms with Crippen LogP contribution < -0.4 is 0 Å². The highest BCUT2D eigenvalue weighted by Crippen LogP contribution is 2.36. The van der Waals surface area contributed by atoms with Crippen molar-refractivity contribution in [3.05, 3.63) is 0 Å². The van der Waals surface area contributed by atoms with E-state index in [2.05, 4.69) is 6.92 Å². The van der Waals surface area contributed by atoms with E-state index in [-0.39, 0.29) is 0 Å². The number of hydrogen-bond acceptors (Lipinski definition) is 2. The van der Waals surface area contributed by atoms with Gasteiger partial charge in [-0.3, -0.25) is 4.79 Å². The molecule has 1 aliphatic carbocycles. The average Bonchev–Trinajstić information content (AvgIpc) is 2.15. The lowest BCUT2D eigenvalue weighted by Crippen LogP contribution is -2.34. The third kappa shape index (κ3) is 2.16. The van der Waals surface area contributed by atoms with Crippen molar-refractivity contribution in [3.8, 4) is 0 Å². The van der Waals surface area contributed by atoms with Crippen LogP contribution in [0.15, 0.2) is 0 Å². The van der Waals surface area contributed by atoms with Gasteiger partial charge < -0.3 is 0 Å². The topological polar surface area (TPSA) is 17.1 Å². The fourth-order valence-corrected chi connectivity index (χ4v) is 3.39. The first-order valence-electron chi connectivity index (χ1n) is 5.92. The Morgan fingerprint density at radius 1 is 1.14 bits per heavy atom. The predicted molar refractivity (Wildman–Crippen MR) is 61.6 cm³/mol. The maximum Gasteiger partial charge on any atom is 0.140 e. The van der Waals surface area contributed by atoms with E-state index in [0.717, 1.165) is 17.4 Å². The van der Waals surface area contributed by atoms with E-state index in [4.69, 9.17) is 0 Å². The second kappa shape index (κ2) is 4.69. The summed E-state index contributed by atoms with van der Waals surface area (Å²) in [5.74, 6) is 4.58. The lowest BCUT2D eigenvalue weighted by atomic mass is 9.77. The van der Waals surface area contributed by atoms with E-state index in [1.165, 1.54) is 32.1 Å². The summed E-state index contributed by atoms with van der Waals surface area (Å²) in [6.45, 7) is 2.27.